The molecular weight excluding hydrogens is 1200 g/mol. The van der Waals surface area contributed by atoms with Gasteiger partial charge in [-0.1, -0.05) is 123 Å². The van der Waals surface area contributed by atoms with E-state index in [2.05, 4.69) is 146 Å². The fraction of sp³-hybridized carbons (Fsp3) is 0.603. The van der Waals surface area contributed by atoms with Crippen molar-refractivity contribution < 1.29 is 28.6 Å². The first-order chi connectivity index (χ1) is 39.4. The number of nitrogens with two attached hydrogens (primary N) is 2. The summed E-state index contributed by atoms with van der Waals surface area (Å²) in [6.07, 6.45) is 12.7. The lowest BCUT2D eigenvalue weighted by Crippen LogP contribution is -2.56. The van der Waals surface area contributed by atoms with Gasteiger partial charge in [0.05, 0.1) is 24.2 Å². The normalized spacial score (nSPS) is 21.0. The Bertz CT molecular complexity index is 2420. The first-order valence-corrected chi connectivity index (χ1v) is 32.3. The third kappa shape index (κ3) is 23.0. The molecule has 6 heterocycles. The van der Waals surface area contributed by atoms with E-state index in [0.29, 0.717) is 18.6 Å². The van der Waals surface area contributed by atoms with Crippen LogP contribution in [0.1, 0.15) is 157 Å². The minimum atomic E-state index is -0.438. The van der Waals surface area contributed by atoms with Crippen LogP contribution in [0.4, 0.5) is 25.8 Å². The fourth-order valence-electron chi connectivity index (χ4n) is 11.8. The van der Waals surface area contributed by atoms with Crippen molar-refractivity contribution in [3.63, 3.8) is 0 Å². The summed E-state index contributed by atoms with van der Waals surface area (Å²) >= 11 is 6.76. The summed E-state index contributed by atoms with van der Waals surface area (Å²) in [6.45, 7) is 28.5. The van der Waals surface area contributed by atoms with Gasteiger partial charge in [0.15, 0.2) is 0 Å². The van der Waals surface area contributed by atoms with Crippen LogP contribution in [0.5, 0.6) is 0 Å². The average Bonchev–Trinajstić information content (AvgIpc) is 2.23. The van der Waals surface area contributed by atoms with E-state index < -0.39 is 11.2 Å². The third-order valence-electron chi connectivity index (χ3n) is 15.5. The van der Waals surface area contributed by atoms with Gasteiger partial charge in [0.1, 0.15) is 16.8 Å². The summed E-state index contributed by atoms with van der Waals surface area (Å²) in [5.74, 6) is 0. The number of hydrogen-bond donors (Lipinski definition) is 3. The third-order valence-corrected chi connectivity index (χ3v) is 16.6. The van der Waals surface area contributed by atoms with Crippen LogP contribution in [0, 0.1) is 0 Å². The van der Waals surface area contributed by atoms with E-state index in [9.17, 15) is 14.4 Å². The topological polar surface area (TPSA) is 159 Å². The van der Waals surface area contributed by atoms with Crippen molar-refractivity contribution in [1.82, 2.24) is 20.0 Å². The molecule has 0 aliphatic carbocycles. The summed E-state index contributed by atoms with van der Waals surface area (Å²) in [5, 5.41) is 3.35. The zero-order valence-corrected chi connectivity index (χ0v) is 55.1. The number of nitrogens with one attached hydrogen (secondary N) is 1. The van der Waals surface area contributed by atoms with Crippen molar-refractivity contribution in [2.45, 2.75) is 214 Å². The van der Waals surface area contributed by atoms with Gasteiger partial charge in [-0.25, -0.2) is 14.4 Å². The van der Waals surface area contributed by atoms with Gasteiger partial charge >= 0.3 is 18.3 Å². The molecule has 6 aliphatic rings. The van der Waals surface area contributed by atoms with Gasteiger partial charge in [-0.15, -0.1) is 0 Å². The highest BCUT2D eigenvalue weighted by molar-refractivity contribution is 9.10. The molecule has 6 bridgehead atoms. The molecule has 0 aromatic heterocycles. The number of aryl methyl sites for hydroxylation is 2. The van der Waals surface area contributed by atoms with E-state index in [4.69, 9.17) is 25.7 Å². The number of hydrogen-bond acceptors (Lipinski definition) is 11. The Hall–Kier alpha value is -4.81. The molecule has 0 unspecified atom stereocenters. The van der Waals surface area contributed by atoms with Crippen molar-refractivity contribution in [3.8, 4) is 0 Å². The van der Waals surface area contributed by atoms with Gasteiger partial charge in [0.25, 0.3) is 0 Å². The van der Waals surface area contributed by atoms with Crippen molar-refractivity contribution in [2.24, 2.45) is 11.5 Å². The van der Waals surface area contributed by atoms with Crippen LogP contribution in [0.15, 0.2) is 106 Å². The lowest BCUT2D eigenvalue weighted by molar-refractivity contribution is 0.00958. The molecule has 3 amide bonds. The van der Waals surface area contributed by atoms with Gasteiger partial charge in [-0.05, 0) is 210 Å². The molecule has 5 N–H and O–H groups in total. The maximum Gasteiger partial charge on any atom is 0.410 e. The number of anilines is 2. The van der Waals surface area contributed by atoms with Crippen LogP contribution in [0.25, 0.3) is 0 Å². The molecule has 4 aromatic carbocycles. The number of benzene rings is 4. The fourth-order valence-corrected chi connectivity index (χ4v) is 12.3. The highest BCUT2D eigenvalue weighted by Gasteiger charge is 2.46. The second-order valence-corrected chi connectivity index (χ2v) is 27.8. The van der Waals surface area contributed by atoms with E-state index in [0.717, 1.165) is 113 Å². The summed E-state index contributed by atoms with van der Waals surface area (Å²) in [7, 11) is 0. The zero-order chi connectivity index (χ0) is 60.5. The van der Waals surface area contributed by atoms with E-state index in [1.165, 1.54) is 52.9 Å². The van der Waals surface area contributed by atoms with Crippen LogP contribution in [0.3, 0.4) is 0 Å². The van der Waals surface area contributed by atoms with Crippen LogP contribution in [-0.4, -0.2) is 147 Å². The van der Waals surface area contributed by atoms with E-state index >= 15 is 0 Å². The monoisotopic (exact) mass is 1300 g/mol. The van der Waals surface area contributed by atoms with E-state index in [1.54, 1.807) is 0 Å². The number of ether oxygens (including phenoxy) is 3. The average molecular weight is 1300 g/mol. The van der Waals surface area contributed by atoms with Crippen LogP contribution < -0.4 is 26.6 Å². The Morgan fingerprint density at radius 2 is 0.694 bits per heavy atom. The molecule has 85 heavy (non-hydrogen) atoms. The quantitative estimate of drug-likeness (QED) is 0.102. The summed E-state index contributed by atoms with van der Waals surface area (Å²) in [4.78, 5) is 47.7. The molecular formula is C68H108BBr2N8O6-. The Morgan fingerprint density at radius 3 is 0.953 bits per heavy atom. The minimum absolute atomic E-state index is 0. The highest BCUT2D eigenvalue weighted by Crippen LogP contribution is 2.36. The standard InChI is InChI=1S/C20H30N2O2.C19H29N3O2.C11H20N2O2.C9H11Br.C8H10BrN.CH4.BH4/c1-5-6-15-7-9-16(10-8-15)21-13-17-11-12-18(14-21)22(17)19(23)24-20(2,3)4;1-19(2,3)24-18(23)22-16-8-9-17(22)13-21(12-16)15-6-4-14(5-7-15)10-11-20;1-11(2,3)15-10(14)13-8-4-5-9(13)7-12-6-8;1-2-3-8-4-6-9(10)7-5-8;9-8-3-1-7(2-4-8)5-6-10;;/h7-10,17-18H,5-6,11-14H2,1-4H3;4-7,16-17H,8-13,20H2,1-3H3;8-9,12H,4-7H2,1-3H3;4-7H,2-3H2,1H3;1-4H,5-6,10H2;2*1H4/q;;;;;;-1/t17-,18+;16-,17+;8-,9+;;;;. The molecule has 0 spiro atoms. The van der Waals surface area contributed by atoms with Crippen LogP contribution in [-0.2, 0) is 39.9 Å². The largest absolute Gasteiger partial charge is 0.444 e. The van der Waals surface area contributed by atoms with Gasteiger partial charge in [0, 0.05) is 71.7 Å². The van der Waals surface area contributed by atoms with Gasteiger partial charge in [-0.2, -0.15) is 0 Å². The second-order valence-electron chi connectivity index (χ2n) is 25.9. The van der Waals surface area contributed by atoms with E-state index in [-0.39, 0.29) is 63.9 Å². The van der Waals surface area contributed by atoms with Crippen molar-refractivity contribution >= 4 is 69.9 Å². The predicted octanol–water partition coefficient (Wildman–Crippen LogP) is 12.9. The number of rotatable bonds is 10. The minimum Gasteiger partial charge on any atom is -0.444 e. The number of nitrogens with zero attached hydrogens (tertiary/aromatic N) is 5. The summed E-state index contributed by atoms with van der Waals surface area (Å²) in [6, 6.07) is 36.1. The second kappa shape index (κ2) is 34.1. The molecule has 14 nitrogen and oxygen atoms in total. The van der Waals surface area contributed by atoms with Gasteiger partial charge in [0.2, 0.25) is 0 Å². The van der Waals surface area contributed by atoms with Crippen molar-refractivity contribution in [1.29, 1.82) is 0 Å². The van der Waals surface area contributed by atoms with Crippen molar-refractivity contribution in [2.75, 3.05) is 62.2 Å². The number of piperazine rings is 3. The first-order valence-electron chi connectivity index (χ1n) is 30.7. The lowest BCUT2D eigenvalue weighted by Gasteiger charge is -2.42. The summed E-state index contributed by atoms with van der Waals surface area (Å²) in [5.41, 5.74) is 17.6. The molecule has 6 aliphatic heterocycles. The molecule has 17 heteroatoms. The molecule has 6 atom stereocenters. The van der Waals surface area contributed by atoms with Gasteiger partial charge < -0.3 is 40.8 Å². The number of halogens is 2. The Labute approximate surface area is 531 Å². The van der Waals surface area contributed by atoms with Gasteiger partial charge in [-0.3, -0.25) is 14.7 Å². The number of fused-ring (bicyclic) bond motifs is 6. The van der Waals surface area contributed by atoms with Crippen molar-refractivity contribution in [3.05, 3.63) is 128 Å². The molecule has 0 saturated carbocycles. The highest BCUT2D eigenvalue weighted by atomic mass is 79.9. The smallest absolute Gasteiger partial charge is 0.410 e. The number of carbonyl (C=O) groups is 3. The molecule has 6 fully saturated rings. The molecule has 4 aromatic rings. The summed E-state index contributed by atoms with van der Waals surface area (Å²) < 4.78 is 18.9. The van der Waals surface area contributed by atoms with Crippen LogP contribution >= 0.6 is 31.9 Å². The molecule has 10 rings (SSSR count). The maximum atomic E-state index is 12.5. The molecule has 6 saturated heterocycles. The SMILES string of the molecule is C.CC(C)(C)OC(=O)N1[C@@H]2CC[C@H]1CN(c1ccc(CCN)cc1)C2.CC(C)(C)OC(=O)N1[C@@H]2CC[C@H]1CNC2.CCCc1ccc(Br)cc1.CCCc1ccc(N2C[C@H]3CC[C@@H](C2)N3C(=O)OC(C)(C)C)cc1.NCCc1ccc(Br)cc1.[BH4-]. The Balaban J connectivity index is 0.000000237. The predicted molar refractivity (Wildman–Crippen MR) is 365 cm³/mol. The number of carbonyl (C=O) groups excluding carboxylic acids is 3. The number of amides is 3. The Morgan fingerprint density at radius 1 is 0.447 bits per heavy atom. The van der Waals surface area contributed by atoms with E-state index in [1.807, 2.05) is 89.1 Å². The lowest BCUT2D eigenvalue weighted by atomic mass is 10.1. The first kappa shape index (κ1) is 72.7. The zero-order valence-electron chi connectivity index (χ0n) is 51.9. The molecule has 0 radical (unpaired) electrons. The maximum absolute atomic E-state index is 12.5. The molecule has 474 valence electrons. The Kier molecular flexibility index (Phi) is 29.1. The van der Waals surface area contributed by atoms with Crippen LogP contribution in [0.2, 0.25) is 0 Å².